The number of aliphatic hydroxyl groups is 2. The molecular formula is C18H26ClNO7. The third kappa shape index (κ3) is 3.07. The van der Waals surface area contributed by atoms with Gasteiger partial charge in [0.15, 0.2) is 23.3 Å². The zero-order valence-corrected chi connectivity index (χ0v) is 16.4. The van der Waals surface area contributed by atoms with Crippen LogP contribution in [0.1, 0.15) is 27.2 Å². The number of carbonyl (C=O) groups excluding carboxylic acids is 2. The molecule has 0 spiro atoms. The molecule has 0 aromatic rings. The molecule has 2 saturated heterocycles. The summed E-state index contributed by atoms with van der Waals surface area (Å²) in [6.45, 7) is 4.66. The average molecular weight is 404 g/mol. The highest BCUT2D eigenvalue weighted by atomic mass is 35.5. The van der Waals surface area contributed by atoms with Crippen LogP contribution in [-0.2, 0) is 19.1 Å². The maximum absolute atomic E-state index is 13.0. The van der Waals surface area contributed by atoms with E-state index in [1.54, 1.807) is 6.08 Å². The van der Waals surface area contributed by atoms with Gasteiger partial charge in [-0.15, -0.1) is 11.6 Å². The molecule has 0 aliphatic carbocycles. The van der Waals surface area contributed by atoms with Gasteiger partial charge in [-0.05, 0) is 13.0 Å². The zero-order valence-electron chi connectivity index (χ0n) is 15.7. The number of quaternary nitrogens is 1. The molecule has 3 heterocycles. The van der Waals surface area contributed by atoms with Crippen molar-refractivity contribution in [1.29, 1.82) is 0 Å². The second-order valence-electron chi connectivity index (χ2n) is 8.17. The standard InChI is InChI=1S/C18H26ClNO7/c1-10-11(2)18(24,9-19)16(22)27-13-5-7-20(25)6-4-12(14(13)20)8-26-15(21)17(10,3)23/h4,10-11,13-14,23-24H,5-9H2,1-3H3/t10-,11-,13-,14-,17-,18-,20?/m1/s1. The van der Waals surface area contributed by atoms with Gasteiger partial charge < -0.3 is 29.5 Å². The average Bonchev–Trinajstić information content (AvgIpc) is 3.12. The third-order valence-electron chi connectivity index (χ3n) is 6.68. The van der Waals surface area contributed by atoms with Gasteiger partial charge in [-0.1, -0.05) is 13.8 Å². The number of alkyl halides is 1. The number of ether oxygens (including phenoxy) is 2. The van der Waals surface area contributed by atoms with Gasteiger partial charge in [0.05, 0.1) is 19.0 Å². The van der Waals surface area contributed by atoms with Gasteiger partial charge in [0.25, 0.3) is 0 Å². The summed E-state index contributed by atoms with van der Waals surface area (Å²) in [7, 11) is 0. The molecule has 0 radical (unpaired) electrons. The summed E-state index contributed by atoms with van der Waals surface area (Å²) < 4.78 is 10.3. The molecule has 3 aliphatic rings. The minimum absolute atomic E-state index is 0.142. The van der Waals surface area contributed by atoms with Crippen LogP contribution in [0.4, 0.5) is 0 Å². The molecule has 0 bridgehead atoms. The molecule has 0 aromatic carbocycles. The van der Waals surface area contributed by atoms with Crippen LogP contribution in [-0.4, -0.2) is 75.7 Å². The molecule has 7 atom stereocenters. The molecule has 2 fully saturated rings. The van der Waals surface area contributed by atoms with Crippen LogP contribution in [0.2, 0.25) is 0 Å². The molecule has 0 aromatic heterocycles. The normalized spacial score (nSPS) is 48.0. The van der Waals surface area contributed by atoms with E-state index in [0.717, 1.165) is 0 Å². The summed E-state index contributed by atoms with van der Waals surface area (Å²) in [4.78, 5) is 25.4. The summed E-state index contributed by atoms with van der Waals surface area (Å²) in [5.74, 6) is -4.05. The molecule has 9 heteroatoms. The third-order valence-corrected chi connectivity index (χ3v) is 7.09. The van der Waals surface area contributed by atoms with Crippen LogP contribution < -0.4 is 0 Å². The second-order valence-corrected chi connectivity index (χ2v) is 8.44. The number of halogens is 1. The van der Waals surface area contributed by atoms with Crippen molar-refractivity contribution in [2.75, 3.05) is 25.6 Å². The van der Waals surface area contributed by atoms with E-state index in [0.29, 0.717) is 12.0 Å². The van der Waals surface area contributed by atoms with E-state index in [-0.39, 0.29) is 19.7 Å². The van der Waals surface area contributed by atoms with E-state index in [1.165, 1.54) is 20.8 Å². The number of nitrogens with zero attached hydrogens (tertiary/aromatic N) is 1. The van der Waals surface area contributed by atoms with Gasteiger partial charge in [-0.3, -0.25) is 0 Å². The summed E-state index contributed by atoms with van der Waals surface area (Å²) in [5.41, 5.74) is -3.51. The van der Waals surface area contributed by atoms with Crippen LogP contribution in [0.15, 0.2) is 11.6 Å². The van der Waals surface area contributed by atoms with Crippen LogP contribution in [0.3, 0.4) is 0 Å². The molecule has 3 rings (SSSR count). The highest BCUT2D eigenvalue weighted by Crippen LogP contribution is 2.41. The van der Waals surface area contributed by atoms with Crippen molar-refractivity contribution in [3.63, 3.8) is 0 Å². The van der Waals surface area contributed by atoms with Crippen molar-refractivity contribution >= 4 is 23.5 Å². The Kier molecular flexibility index (Phi) is 5.10. The fraction of sp³-hybridized carbons (Fsp3) is 0.778. The lowest BCUT2D eigenvalue weighted by Gasteiger charge is -2.42. The molecule has 2 N–H and O–H groups in total. The van der Waals surface area contributed by atoms with Crippen LogP contribution in [0.25, 0.3) is 0 Å². The Morgan fingerprint density at radius 2 is 1.96 bits per heavy atom. The van der Waals surface area contributed by atoms with E-state index in [1.807, 2.05) is 0 Å². The molecule has 3 aliphatic heterocycles. The number of hydrogen-bond acceptors (Lipinski definition) is 7. The van der Waals surface area contributed by atoms with E-state index >= 15 is 0 Å². The highest BCUT2D eigenvalue weighted by Gasteiger charge is 2.56. The number of esters is 2. The van der Waals surface area contributed by atoms with Gasteiger partial charge in [-0.2, -0.15) is 0 Å². The Morgan fingerprint density at radius 3 is 2.59 bits per heavy atom. The Morgan fingerprint density at radius 1 is 1.30 bits per heavy atom. The predicted molar refractivity (Wildman–Crippen MR) is 95.3 cm³/mol. The van der Waals surface area contributed by atoms with Crippen molar-refractivity contribution in [1.82, 2.24) is 0 Å². The van der Waals surface area contributed by atoms with Gasteiger partial charge in [0.2, 0.25) is 0 Å². The molecular weight excluding hydrogens is 378 g/mol. The summed E-state index contributed by atoms with van der Waals surface area (Å²) in [6.07, 6.45) is 1.33. The van der Waals surface area contributed by atoms with Gasteiger partial charge in [0.1, 0.15) is 6.61 Å². The first-order valence-electron chi connectivity index (χ1n) is 9.13. The highest BCUT2D eigenvalue weighted by molar-refractivity contribution is 6.20. The lowest BCUT2D eigenvalue weighted by atomic mass is 9.73. The van der Waals surface area contributed by atoms with Crippen LogP contribution >= 0.6 is 11.6 Å². The van der Waals surface area contributed by atoms with Crippen molar-refractivity contribution in [3.05, 3.63) is 16.9 Å². The van der Waals surface area contributed by atoms with Gasteiger partial charge in [0, 0.05) is 23.8 Å². The maximum Gasteiger partial charge on any atom is 0.340 e. The number of rotatable bonds is 1. The molecule has 8 nitrogen and oxygen atoms in total. The summed E-state index contributed by atoms with van der Waals surface area (Å²) in [5, 5.41) is 34.6. The number of cyclic esters (lactones) is 1. The maximum atomic E-state index is 13.0. The van der Waals surface area contributed by atoms with Gasteiger partial charge >= 0.3 is 11.9 Å². The Hall–Kier alpha value is -1.19. The molecule has 1 unspecified atom stereocenters. The first kappa shape index (κ1) is 20.5. The largest absolute Gasteiger partial charge is 0.632 e. The zero-order chi connectivity index (χ0) is 20.2. The summed E-state index contributed by atoms with van der Waals surface area (Å²) in [6, 6.07) is -0.682. The summed E-state index contributed by atoms with van der Waals surface area (Å²) >= 11 is 5.91. The smallest absolute Gasteiger partial charge is 0.340 e. The topological polar surface area (TPSA) is 116 Å². The van der Waals surface area contributed by atoms with Crippen molar-refractivity contribution < 1.29 is 33.9 Å². The molecule has 27 heavy (non-hydrogen) atoms. The fourth-order valence-electron chi connectivity index (χ4n) is 4.33. The quantitative estimate of drug-likeness (QED) is 0.215. The predicted octanol–water partition coefficient (Wildman–Crippen LogP) is 0.475. The fourth-order valence-corrected chi connectivity index (χ4v) is 4.69. The van der Waals surface area contributed by atoms with E-state index < -0.39 is 57.6 Å². The Bertz CT molecular complexity index is 681. The SMILES string of the molecule is C[C@@H]1[C@@H](C)[C@](O)(CCl)C(=O)O[C@@H]2CC[N+]3([O-])CC=C(COC(=O)[C@]1(C)O)[C@H]23. The van der Waals surface area contributed by atoms with Crippen molar-refractivity contribution in [2.24, 2.45) is 11.8 Å². The second kappa shape index (κ2) is 6.70. The number of hydroxylamine groups is 3. The number of carbonyl (C=O) groups is 2. The first-order valence-corrected chi connectivity index (χ1v) is 9.66. The molecule has 0 saturated carbocycles. The lowest BCUT2D eigenvalue weighted by Crippen LogP contribution is -2.58. The monoisotopic (exact) mass is 403 g/mol. The molecule has 0 amide bonds. The van der Waals surface area contributed by atoms with E-state index in [4.69, 9.17) is 21.1 Å². The minimum atomic E-state index is -2.12. The van der Waals surface area contributed by atoms with Gasteiger partial charge in [-0.25, -0.2) is 9.59 Å². The first-order chi connectivity index (χ1) is 12.5. The van der Waals surface area contributed by atoms with Crippen molar-refractivity contribution in [3.8, 4) is 0 Å². The Balaban J connectivity index is 2.02. The minimum Gasteiger partial charge on any atom is -0.632 e. The van der Waals surface area contributed by atoms with E-state index in [9.17, 15) is 25.0 Å². The molecule has 152 valence electrons. The van der Waals surface area contributed by atoms with Crippen LogP contribution in [0.5, 0.6) is 0 Å². The number of hydrogen-bond donors (Lipinski definition) is 2. The van der Waals surface area contributed by atoms with E-state index in [2.05, 4.69) is 0 Å². The lowest BCUT2D eigenvalue weighted by molar-refractivity contribution is -0.877. The Labute approximate surface area is 162 Å². The van der Waals surface area contributed by atoms with Crippen molar-refractivity contribution in [2.45, 2.75) is 50.5 Å². The van der Waals surface area contributed by atoms with Crippen LogP contribution in [0, 0.1) is 17.0 Å².